The Balaban J connectivity index is 1.75. The van der Waals surface area contributed by atoms with Crippen molar-refractivity contribution in [2.45, 2.75) is 22.6 Å². The Morgan fingerprint density at radius 1 is 1.06 bits per heavy atom. The highest BCUT2D eigenvalue weighted by Crippen LogP contribution is 2.25. The molecule has 1 heterocycles. The minimum atomic E-state index is -4.89. The van der Waals surface area contributed by atoms with Crippen LogP contribution in [-0.2, 0) is 26.3 Å². The lowest BCUT2D eigenvalue weighted by atomic mass is 10.2. The molecule has 14 heteroatoms. The quantitative estimate of drug-likeness (QED) is 0.460. The van der Waals surface area contributed by atoms with Crippen molar-refractivity contribution in [1.29, 1.82) is 0 Å². The number of benzene rings is 2. The molecule has 1 N–H and O–H groups in total. The summed E-state index contributed by atoms with van der Waals surface area (Å²) in [7, 11) is -8.40. The summed E-state index contributed by atoms with van der Waals surface area (Å²) in [4.78, 5) is 2.50. The van der Waals surface area contributed by atoms with E-state index < -0.39 is 53.3 Å². The number of ether oxygens (including phenoxy) is 1. The van der Waals surface area contributed by atoms with E-state index in [2.05, 4.69) is 14.4 Å². The smallest absolute Gasteiger partial charge is 0.406 e. The third-order valence-corrected chi connectivity index (χ3v) is 7.90. The van der Waals surface area contributed by atoms with Gasteiger partial charge in [0.2, 0.25) is 0 Å². The Morgan fingerprint density at radius 2 is 1.81 bits per heavy atom. The number of alkyl halides is 3. The fraction of sp³-hybridized carbons (Fsp3) is 0.167. The number of hydrogen-bond donors (Lipinski definition) is 1. The van der Waals surface area contributed by atoms with Crippen LogP contribution in [0.5, 0.6) is 5.75 Å². The van der Waals surface area contributed by atoms with E-state index in [1.165, 1.54) is 23.7 Å². The summed E-state index contributed by atoms with van der Waals surface area (Å²) >= 11 is 0.975. The molecule has 0 unspecified atom stereocenters. The summed E-state index contributed by atoms with van der Waals surface area (Å²) in [5.74, 6) is -2.33. The van der Waals surface area contributed by atoms with Crippen LogP contribution < -0.4 is 9.46 Å². The number of hydrogen-bond acceptors (Lipinski definition) is 7. The first kappa shape index (κ1) is 23.9. The number of anilines is 1. The van der Waals surface area contributed by atoms with Crippen molar-refractivity contribution < 1.29 is 39.1 Å². The number of rotatable bonds is 8. The molecule has 3 rings (SSSR count). The van der Waals surface area contributed by atoms with E-state index in [-0.39, 0.29) is 17.1 Å². The normalized spacial score (nSPS) is 12.5. The molecule has 1 aromatic heterocycles. The van der Waals surface area contributed by atoms with E-state index in [9.17, 15) is 34.4 Å². The van der Waals surface area contributed by atoms with Crippen molar-refractivity contribution in [1.82, 2.24) is 4.98 Å². The van der Waals surface area contributed by atoms with Gasteiger partial charge < -0.3 is 4.74 Å². The Kier molecular flexibility index (Phi) is 6.76. The Bertz CT molecular complexity index is 1310. The lowest BCUT2D eigenvalue weighted by Crippen LogP contribution is -2.17. The first-order chi connectivity index (χ1) is 14.9. The van der Waals surface area contributed by atoms with Crippen LogP contribution in [0.15, 0.2) is 63.8 Å². The number of sulfone groups is 1. The molecule has 172 valence electrons. The molecule has 2 aromatic carbocycles. The maximum atomic E-state index is 14.5. The van der Waals surface area contributed by atoms with Gasteiger partial charge in [-0.2, -0.15) is 0 Å². The number of nitrogens with one attached hydrogen (secondary N) is 1. The van der Waals surface area contributed by atoms with Gasteiger partial charge in [-0.3, -0.25) is 4.72 Å². The molecule has 3 aromatic rings. The van der Waals surface area contributed by atoms with Crippen molar-refractivity contribution in [3.8, 4) is 5.75 Å². The summed E-state index contributed by atoms with van der Waals surface area (Å²) in [5, 5.41) is 1.52. The van der Waals surface area contributed by atoms with E-state index >= 15 is 0 Å². The van der Waals surface area contributed by atoms with Crippen LogP contribution in [0, 0.1) is 5.82 Å². The zero-order valence-electron chi connectivity index (χ0n) is 15.8. The van der Waals surface area contributed by atoms with Gasteiger partial charge in [0, 0.05) is 11.6 Å². The largest absolute Gasteiger partial charge is 0.573 e. The van der Waals surface area contributed by atoms with Gasteiger partial charge in [-0.05, 0) is 42.3 Å². The number of nitrogens with zero attached hydrogens (tertiary/aromatic N) is 1. The molecule has 0 fully saturated rings. The zero-order chi connectivity index (χ0) is 23.6. The predicted octanol–water partition coefficient (Wildman–Crippen LogP) is 4.00. The lowest BCUT2D eigenvalue weighted by molar-refractivity contribution is -0.274. The summed E-state index contributed by atoms with van der Waals surface area (Å²) < 4.78 is 107. The standard InChI is InChI=1S/C18H14F4N2O5S3/c19-15-11-14(4-5-16(15)32(27,28)24-17-23-7-8-30-17)31(25,26)9-6-12-2-1-3-13(10-12)29-18(20,21)22/h1-5,7-8,10-11H,6,9H2,(H,23,24). The summed E-state index contributed by atoms with van der Waals surface area (Å²) in [6, 6.07) is 7.14. The minimum Gasteiger partial charge on any atom is -0.406 e. The molecule has 0 spiro atoms. The Labute approximate surface area is 184 Å². The summed E-state index contributed by atoms with van der Waals surface area (Å²) in [6.07, 6.45) is -3.72. The monoisotopic (exact) mass is 510 g/mol. The van der Waals surface area contributed by atoms with E-state index in [1.54, 1.807) is 0 Å². The van der Waals surface area contributed by atoms with Crippen LogP contribution in [-0.4, -0.2) is 33.9 Å². The van der Waals surface area contributed by atoms with E-state index in [0.717, 1.165) is 35.6 Å². The predicted molar refractivity (Wildman–Crippen MR) is 108 cm³/mol. The Morgan fingerprint density at radius 3 is 2.44 bits per heavy atom. The molecule has 0 bridgehead atoms. The molecule has 0 saturated heterocycles. The number of aryl methyl sites for hydroxylation is 1. The van der Waals surface area contributed by atoms with Gasteiger partial charge >= 0.3 is 6.36 Å². The minimum absolute atomic E-state index is 0.0119. The molecule has 0 atom stereocenters. The topological polar surface area (TPSA) is 102 Å². The molecular formula is C18H14F4N2O5S3. The van der Waals surface area contributed by atoms with Crippen molar-refractivity contribution in [2.75, 3.05) is 10.5 Å². The van der Waals surface area contributed by atoms with Gasteiger partial charge in [0.05, 0.1) is 10.6 Å². The molecule has 0 radical (unpaired) electrons. The maximum absolute atomic E-state index is 14.5. The van der Waals surface area contributed by atoms with Crippen LogP contribution in [0.3, 0.4) is 0 Å². The average Bonchev–Trinajstić information content (AvgIpc) is 3.17. The van der Waals surface area contributed by atoms with Crippen LogP contribution in [0.25, 0.3) is 0 Å². The van der Waals surface area contributed by atoms with Gasteiger partial charge in [0.1, 0.15) is 16.5 Å². The van der Waals surface area contributed by atoms with Gasteiger partial charge in [-0.1, -0.05) is 12.1 Å². The zero-order valence-corrected chi connectivity index (χ0v) is 18.3. The average molecular weight is 511 g/mol. The second-order valence-electron chi connectivity index (χ2n) is 6.30. The van der Waals surface area contributed by atoms with Crippen molar-refractivity contribution in [3.63, 3.8) is 0 Å². The summed E-state index contributed by atoms with van der Waals surface area (Å²) in [6.45, 7) is 0. The van der Waals surface area contributed by atoms with Gasteiger partial charge in [0.15, 0.2) is 15.0 Å². The SMILES string of the molecule is O=S(=O)(CCc1cccc(OC(F)(F)F)c1)c1ccc(S(=O)(=O)Nc2nccs2)c(F)c1. The molecule has 0 aliphatic carbocycles. The highest BCUT2D eigenvalue weighted by Gasteiger charge is 2.31. The molecule has 0 amide bonds. The first-order valence-electron chi connectivity index (χ1n) is 8.65. The van der Waals surface area contributed by atoms with E-state index in [4.69, 9.17) is 0 Å². The number of thiazole rings is 1. The van der Waals surface area contributed by atoms with Crippen LogP contribution in [0.1, 0.15) is 5.56 Å². The van der Waals surface area contributed by atoms with Crippen LogP contribution >= 0.6 is 11.3 Å². The molecular weight excluding hydrogens is 496 g/mol. The number of aromatic nitrogens is 1. The maximum Gasteiger partial charge on any atom is 0.573 e. The first-order valence-corrected chi connectivity index (χ1v) is 12.7. The summed E-state index contributed by atoms with van der Waals surface area (Å²) in [5.41, 5.74) is 0.252. The third kappa shape index (κ3) is 6.17. The molecule has 0 aliphatic heterocycles. The molecule has 32 heavy (non-hydrogen) atoms. The number of sulfonamides is 1. The van der Waals surface area contributed by atoms with Gasteiger partial charge in [-0.15, -0.1) is 24.5 Å². The van der Waals surface area contributed by atoms with Crippen molar-refractivity contribution >= 4 is 36.3 Å². The van der Waals surface area contributed by atoms with Crippen molar-refractivity contribution in [2.24, 2.45) is 0 Å². The number of halogens is 4. The van der Waals surface area contributed by atoms with E-state index in [0.29, 0.717) is 6.07 Å². The van der Waals surface area contributed by atoms with Crippen molar-refractivity contribution in [3.05, 3.63) is 65.4 Å². The molecule has 0 aliphatic rings. The second-order valence-corrected chi connectivity index (χ2v) is 11.0. The lowest BCUT2D eigenvalue weighted by Gasteiger charge is -2.11. The highest BCUT2D eigenvalue weighted by atomic mass is 32.2. The van der Waals surface area contributed by atoms with Gasteiger partial charge in [0.25, 0.3) is 10.0 Å². The van der Waals surface area contributed by atoms with Crippen LogP contribution in [0.2, 0.25) is 0 Å². The van der Waals surface area contributed by atoms with Gasteiger partial charge in [-0.25, -0.2) is 26.2 Å². The van der Waals surface area contributed by atoms with E-state index in [1.807, 2.05) is 0 Å². The highest BCUT2D eigenvalue weighted by molar-refractivity contribution is 7.93. The third-order valence-electron chi connectivity index (χ3n) is 4.00. The fourth-order valence-electron chi connectivity index (χ4n) is 2.60. The molecule has 7 nitrogen and oxygen atoms in total. The Hall–Kier alpha value is -2.71. The second kappa shape index (κ2) is 9.03. The fourth-order valence-corrected chi connectivity index (χ4v) is 5.75. The molecule has 0 saturated carbocycles. The van der Waals surface area contributed by atoms with Crippen LogP contribution in [0.4, 0.5) is 22.7 Å².